The summed E-state index contributed by atoms with van der Waals surface area (Å²) in [5.74, 6) is -0.0311. The van der Waals surface area contributed by atoms with Crippen molar-refractivity contribution in [3.63, 3.8) is 0 Å². The summed E-state index contributed by atoms with van der Waals surface area (Å²) in [5.41, 5.74) is 1.55. The minimum atomic E-state index is -0.371. The monoisotopic (exact) mass is 386 g/mol. The first kappa shape index (κ1) is 18.5. The van der Waals surface area contributed by atoms with Crippen molar-refractivity contribution in [1.29, 1.82) is 0 Å². The van der Waals surface area contributed by atoms with E-state index >= 15 is 0 Å². The Hall–Kier alpha value is -3.26. The maximum Gasteiger partial charge on any atom is 0.291 e. The average Bonchev–Trinajstić information content (AvgIpc) is 3.30. The van der Waals surface area contributed by atoms with E-state index in [4.69, 9.17) is 9.15 Å². The van der Waals surface area contributed by atoms with Crippen LogP contribution >= 0.6 is 11.3 Å². The van der Waals surface area contributed by atoms with Gasteiger partial charge in [0.05, 0.1) is 23.3 Å². The third-order valence-electron chi connectivity index (χ3n) is 3.80. The lowest BCUT2D eigenvalue weighted by Crippen LogP contribution is -2.22. The van der Waals surface area contributed by atoms with E-state index < -0.39 is 0 Å². The standard InChI is InChI=1S/C19H18N2O5S/c1-11-8-16(21-18(23)14-4-3-7-26-14)27-17(11)19(24)20-10-12-5-6-13(22)15(9-12)25-2/h3-9,22H,10H2,1-2H3,(H,20,24)(H,21,23). The molecule has 3 aromatic rings. The molecule has 3 N–H and O–H groups in total. The third kappa shape index (κ3) is 4.29. The van der Waals surface area contributed by atoms with Gasteiger partial charge in [0.15, 0.2) is 17.3 Å². The Balaban J connectivity index is 1.65. The van der Waals surface area contributed by atoms with Gasteiger partial charge in [0, 0.05) is 6.54 Å². The van der Waals surface area contributed by atoms with E-state index in [0.717, 1.165) is 11.1 Å². The second-order valence-corrected chi connectivity index (χ2v) is 6.80. The molecular formula is C19H18N2O5S. The molecule has 0 spiro atoms. The summed E-state index contributed by atoms with van der Waals surface area (Å²) in [6.07, 6.45) is 1.42. The molecule has 2 amide bonds. The molecule has 140 valence electrons. The van der Waals surface area contributed by atoms with Gasteiger partial charge < -0.3 is 24.9 Å². The number of carbonyl (C=O) groups is 2. The maximum atomic E-state index is 12.5. The molecule has 0 aliphatic rings. The Morgan fingerprint density at radius 3 is 2.74 bits per heavy atom. The van der Waals surface area contributed by atoms with E-state index in [2.05, 4.69) is 10.6 Å². The summed E-state index contributed by atoms with van der Waals surface area (Å²) < 4.78 is 10.1. The summed E-state index contributed by atoms with van der Waals surface area (Å²) in [6.45, 7) is 2.08. The number of phenols is 1. The zero-order chi connectivity index (χ0) is 19.4. The number of thiophene rings is 1. The van der Waals surface area contributed by atoms with E-state index in [9.17, 15) is 14.7 Å². The lowest BCUT2D eigenvalue weighted by Gasteiger charge is -2.08. The maximum absolute atomic E-state index is 12.5. The van der Waals surface area contributed by atoms with Gasteiger partial charge in [-0.1, -0.05) is 6.07 Å². The molecule has 2 heterocycles. The lowest BCUT2D eigenvalue weighted by molar-refractivity contribution is 0.0953. The minimum Gasteiger partial charge on any atom is -0.504 e. The van der Waals surface area contributed by atoms with Crippen LogP contribution in [0, 0.1) is 6.92 Å². The summed E-state index contributed by atoms with van der Waals surface area (Å²) >= 11 is 1.19. The molecule has 0 atom stereocenters. The molecule has 0 unspecified atom stereocenters. The van der Waals surface area contributed by atoms with Crippen molar-refractivity contribution in [2.45, 2.75) is 13.5 Å². The fourth-order valence-electron chi connectivity index (χ4n) is 2.44. The van der Waals surface area contributed by atoms with Gasteiger partial charge in [-0.15, -0.1) is 11.3 Å². The fourth-order valence-corrected chi connectivity index (χ4v) is 3.43. The Kier molecular flexibility index (Phi) is 5.46. The SMILES string of the molecule is COc1cc(CNC(=O)c2sc(NC(=O)c3ccco3)cc2C)ccc1O. The molecule has 0 bridgehead atoms. The number of aryl methyl sites for hydroxylation is 1. The van der Waals surface area contributed by atoms with Crippen molar-refractivity contribution < 1.29 is 23.8 Å². The molecule has 0 aliphatic carbocycles. The third-order valence-corrected chi connectivity index (χ3v) is 4.95. The van der Waals surface area contributed by atoms with Crippen LogP contribution in [0.3, 0.4) is 0 Å². The first-order chi connectivity index (χ1) is 13.0. The quantitative estimate of drug-likeness (QED) is 0.601. The second kappa shape index (κ2) is 7.96. The zero-order valence-electron chi connectivity index (χ0n) is 14.7. The summed E-state index contributed by atoms with van der Waals surface area (Å²) in [7, 11) is 1.46. The molecule has 0 radical (unpaired) electrons. The van der Waals surface area contributed by atoms with E-state index in [1.165, 1.54) is 30.8 Å². The number of anilines is 1. The van der Waals surface area contributed by atoms with Crippen molar-refractivity contribution in [2.24, 2.45) is 0 Å². The zero-order valence-corrected chi connectivity index (χ0v) is 15.6. The number of rotatable bonds is 6. The van der Waals surface area contributed by atoms with Gasteiger partial charge in [0.2, 0.25) is 0 Å². The molecular weight excluding hydrogens is 368 g/mol. The van der Waals surface area contributed by atoms with E-state index in [1.54, 1.807) is 37.3 Å². The number of phenolic OH excluding ortho intramolecular Hbond substituents is 1. The van der Waals surface area contributed by atoms with Crippen LogP contribution in [0.5, 0.6) is 11.5 Å². The van der Waals surface area contributed by atoms with Gasteiger partial charge in [0.1, 0.15) is 0 Å². The summed E-state index contributed by atoms with van der Waals surface area (Å²) in [4.78, 5) is 25.0. The van der Waals surface area contributed by atoms with Crippen LogP contribution in [0.15, 0.2) is 47.1 Å². The summed E-state index contributed by atoms with van der Waals surface area (Å²) in [5, 5.41) is 15.7. The number of aromatic hydroxyl groups is 1. The number of hydrogen-bond acceptors (Lipinski definition) is 6. The van der Waals surface area contributed by atoms with Crippen molar-refractivity contribution in [3.8, 4) is 11.5 Å². The smallest absolute Gasteiger partial charge is 0.291 e. The molecule has 2 aromatic heterocycles. The van der Waals surface area contributed by atoms with Crippen LogP contribution in [0.25, 0.3) is 0 Å². The first-order valence-electron chi connectivity index (χ1n) is 8.07. The van der Waals surface area contributed by atoms with E-state index in [1.807, 2.05) is 0 Å². The Labute approximate surface area is 159 Å². The van der Waals surface area contributed by atoms with Crippen molar-refractivity contribution >= 4 is 28.2 Å². The predicted octanol–water partition coefficient (Wildman–Crippen LogP) is 3.55. The molecule has 3 rings (SSSR count). The Morgan fingerprint density at radius 1 is 1.22 bits per heavy atom. The number of methoxy groups -OCH3 is 1. The molecule has 0 saturated heterocycles. The lowest BCUT2D eigenvalue weighted by atomic mass is 10.2. The Bertz CT molecular complexity index is 963. The molecule has 27 heavy (non-hydrogen) atoms. The van der Waals surface area contributed by atoms with Crippen molar-refractivity contribution in [1.82, 2.24) is 5.32 Å². The highest BCUT2D eigenvalue weighted by Gasteiger charge is 2.16. The molecule has 0 aliphatic heterocycles. The highest BCUT2D eigenvalue weighted by atomic mass is 32.1. The number of amides is 2. The number of furan rings is 1. The van der Waals surface area contributed by atoms with Crippen molar-refractivity contribution in [2.75, 3.05) is 12.4 Å². The topological polar surface area (TPSA) is 101 Å². The van der Waals surface area contributed by atoms with Gasteiger partial charge in [-0.2, -0.15) is 0 Å². The normalized spacial score (nSPS) is 10.4. The Morgan fingerprint density at radius 2 is 2.04 bits per heavy atom. The molecule has 7 nitrogen and oxygen atoms in total. The van der Waals surface area contributed by atoms with Gasteiger partial charge in [0.25, 0.3) is 11.8 Å². The number of ether oxygens (including phenoxy) is 1. The fraction of sp³-hybridized carbons (Fsp3) is 0.158. The van der Waals surface area contributed by atoms with Crippen molar-refractivity contribution in [3.05, 3.63) is 64.4 Å². The van der Waals surface area contributed by atoms with Crippen LogP contribution in [-0.2, 0) is 6.54 Å². The van der Waals surface area contributed by atoms with Crippen LogP contribution in [0.2, 0.25) is 0 Å². The minimum absolute atomic E-state index is 0.0404. The van der Waals surface area contributed by atoms with Crippen LogP contribution in [-0.4, -0.2) is 24.0 Å². The van der Waals surface area contributed by atoms with Crippen LogP contribution in [0.4, 0.5) is 5.00 Å². The van der Waals surface area contributed by atoms with Gasteiger partial charge >= 0.3 is 0 Å². The number of benzene rings is 1. The number of hydrogen-bond donors (Lipinski definition) is 3. The largest absolute Gasteiger partial charge is 0.504 e. The number of nitrogens with one attached hydrogen (secondary N) is 2. The molecule has 8 heteroatoms. The molecule has 1 aromatic carbocycles. The second-order valence-electron chi connectivity index (χ2n) is 5.74. The van der Waals surface area contributed by atoms with Gasteiger partial charge in [-0.05, 0) is 48.4 Å². The van der Waals surface area contributed by atoms with Gasteiger partial charge in [-0.3, -0.25) is 9.59 Å². The van der Waals surface area contributed by atoms with E-state index in [-0.39, 0.29) is 29.9 Å². The van der Waals surface area contributed by atoms with Gasteiger partial charge in [-0.25, -0.2) is 0 Å². The predicted molar refractivity (Wildman–Crippen MR) is 102 cm³/mol. The molecule has 0 fully saturated rings. The average molecular weight is 386 g/mol. The molecule has 0 saturated carbocycles. The first-order valence-corrected chi connectivity index (χ1v) is 8.89. The number of carbonyl (C=O) groups excluding carboxylic acids is 2. The highest BCUT2D eigenvalue weighted by Crippen LogP contribution is 2.28. The van der Waals surface area contributed by atoms with E-state index in [0.29, 0.717) is 15.6 Å². The van der Waals surface area contributed by atoms with Crippen LogP contribution in [0.1, 0.15) is 31.4 Å². The summed E-state index contributed by atoms with van der Waals surface area (Å²) in [6, 6.07) is 9.81. The van der Waals surface area contributed by atoms with Crippen LogP contribution < -0.4 is 15.4 Å². The highest BCUT2D eigenvalue weighted by molar-refractivity contribution is 7.18.